The molecule has 0 heterocycles. The van der Waals surface area contributed by atoms with Crippen LogP contribution >= 0.6 is 0 Å². The minimum atomic E-state index is -1.01. The summed E-state index contributed by atoms with van der Waals surface area (Å²) in [6.45, 7) is 0. The molecule has 1 N–H and O–H groups in total. The van der Waals surface area contributed by atoms with Crippen molar-refractivity contribution in [3.05, 3.63) is 102 Å². The predicted molar refractivity (Wildman–Crippen MR) is 96.5 cm³/mol. The summed E-state index contributed by atoms with van der Waals surface area (Å²) in [5.74, 6) is -0.269. The van der Waals surface area contributed by atoms with Gasteiger partial charge in [0, 0.05) is 16.8 Å². The zero-order valence-corrected chi connectivity index (χ0v) is 13.5. The maximum absolute atomic E-state index is 12.8. The van der Waals surface area contributed by atoms with Crippen molar-refractivity contribution >= 4 is 17.6 Å². The highest BCUT2D eigenvalue weighted by Gasteiger charge is 2.26. The summed E-state index contributed by atoms with van der Waals surface area (Å²) < 4.78 is 5.46. The highest BCUT2D eigenvalue weighted by Crippen LogP contribution is 2.23. The molecule has 0 aliphatic heterocycles. The number of nitrogens with one attached hydrogen (secondary N) is 1. The van der Waals surface area contributed by atoms with Crippen LogP contribution in [0.25, 0.3) is 0 Å². The van der Waals surface area contributed by atoms with Gasteiger partial charge < -0.3 is 4.74 Å². The lowest BCUT2D eigenvalue weighted by molar-refractivity contribution is 0.0666. The van der Waals surface area contributed by atoms with Crippen molar-refractivity contribution in [3.63, 3.8) is 0 Å². The SMILES string of the molecule is O=C(Nc1ccccc1)O[C@@H](C(=O)c1ccccc1)c1ccccc1. The third-order valence-electron chi connectivity index (χ3n) is 3.64. The lowest BCUT2D eigenvalue weighted by atomic mass is 10.00. The summed E-state index contributed by atoms with van der Waals surface area (Å²) in [6, 6.07) is 26.7. The number of ketones is 1. The van der Waals surface area contributed by atoms with Crippen molar-refractivity contribution < 1.29 is 14.3 Å². The van der Waals surface area contributed by atoms with Gasteiger partial charge in [-0.1, -0.05) is 78.9 Å². The van der Waals surface area contributed by atoms with Gasteiger partial charge in [-0.05, 0) is 12.1 Å². The van der Waals surface area contributed by atoms with E-state index in [1.165, 1.54) is 0 Å². The van der Waals surface area contributed by atoms with Crippen LogP contribution in [0.5, 0.6) is 0 Å². The van der Waals surface area contributed by atoms with Gasteiger partial charge in [0.1, 0.15) is 0 Å². The van der Waals surface area contributed by atoms with Crippen LogP contribution in [-0.2, 0) is 4.74 Å². The van der Waals surface area contributed by atoms with Crippen LogP contribution in [0.4, 0.5) is 10.5 Å². The smallest absolute Gasteiger partial charge is 0.412 e. The molecule has 3 rings (SSSR count). The molecule has 4 heteroatoms. The second kappa shape index (κ2) is 7.93. The van der Waals surface area contributed by atoms with Gasteiger partial charge in [0.15, 0.2) is 6.10 Å². The second-order valence-electron chi connectivity index (χ2n) is 5.42. The van der Waals surface area contributed by atoms with E-state index in [0.29, 0.717) is 16.8 Å². The number of benzene rings is 3. The normalized spacial score (nSPS) is 11.4. The Labute approximate surface area is 146 Å². The van der Waals surface area contributed by atoms with E-state index in [4.69, 9.17) is 4.74 Å². The molecule has 0 bridgehead atoms. The quantitative estimate of drug-likeness (QED) is 0.679. The fourth-order valence-corrected chi connectivity index (χ4v) is 2.43. The number of carbonyl (C=O) groups is 2. The van der Waals surface area contributed by atoms with Gasteiger partial charge >= 0.3 is 6.09 Å². The first kappa shape index (κ1) is 16.5. The molecule has 0 spiro atoms. The number of Topliss-reactive ketones (excluding diaryl/α,β-unsaturated/α-hetero) is 1. The van der Waals surface area contributed by atoms with Gasteiger partial charge in [-0.15, -0.1) is 0 Å². The largest absolute Gasteiger partial charge is 0.433 e. The molecule has 4 nitrogen and oxygen atoms in total. The summed E-state index contributed by atoms with van der Waals surface area (Å²) in [7, 11) is 0. The Bertz CT molecular complexity index is 833. The van der Waals surface area contributed by atoms with Crippen LogP contribution in [0.3, 0.4) is 0 Å². The zero-order valence-electron chi connectivity index (χ0n) is 13.5. The second-order valence-corrected chi connectivity index (χ2v) is 5.42. The first-order chi connectivity index (χ1) is 12.2. The van der Waals surface area contributed by atoms with Gasteiger partial charge in [-0.3, -0.25) is 10.1 Å². The van der Waals surface area contributed by atoms with E-state index < -0.39 is 12.2 Å². The van der Waals surface area contributed by atoms with Crippen molar-refractivity contribution in [3.8, 4) is 0 Å². The molecule has 3 aromatic carbocycles. The van der Waals surface area contributed by atoms with Gasteiger partial charge in [0.25, 0.3) is 0 Å². The van der Waals surface area contributed by atoms with E-state index in [9.17, 15) is 9.59 Å². The molecule has 3 aromatic rings. The molecule has 1 amide bonds. The maximum Gasteiger partial charge on any atom is 0.412 e. The summed E-state index contributed by atoms with van der Waals surface area (Å²) in [6.07, 6.45) is -1.68. The van der Waals surface area contributed by atoms with E-state index in [2.05, 4.69) is 5.32 Å². The van der Waals surface area contributed by atoms with Crippen LogP contribution in [-0.4, -0.2) is 11.9 Å². The highest BCUT2D eigenvalue weighted by atomic mass is 16.6. The third-order valence-corrected chi connectivity index (χ3v) is 3.64. The lowest BCUT2D eigenvalue weighted by Crippen LogP contribution is -2.23. The molecule has 124 valence electrons. The molecule has 0 unspecified atom stereocenters. The first-order valence-corrected chi connectivity index (χ1v) is 7.91. The van der Waals surface area contributed by atoms with Gasteiger partial charge in [0.2, 0.25) is 5.78 Å². The predicted octanol–water partition coefficient (Wildman–Crippen LogP) is 4.86. The molecule has 0 aromatic heterocycles. The summed E-state index contributed by atoms with van der Waals surface area (Å²) in [5.41, 5.74) is 1.72. The van der Waals surface area contributed by atoms with E-state index in [0.717, 1.165) is 0 Å². The zero-order chi connectivity index (χ0) is 17.5. The maximum atomic E-state index is 12.8. The number of amides is 1. The van der Waals surface area contributed by atoms with Crippen LogP contribution in [0, 0.1) is 0 Å². The first-order valence-electron chi connectivity index (χ1n) is 7.91. The fourth-order valence-electron chi connectivity index (χ4n) is 2.43. The lowest BCUT2D eigenvalue weighted by Gasteiger charge is -2.18. The molecule has 0 saturated carbocycles. The summed E-state index contributed by atoms with van der Waals surface area (Å²) in [4.78, 5) is 25.1. The summed E-state index contributed by atoms with van der Waals surface area (Å²) in [5, 5.41) is 2.64. The van der Waals surface area contributed by atoms with Crippen molar-refractivity contribution in [2.45, 2.75) is 6.10 Å². The molecular formula is C21H17NO3. The number of carbonyl (C=O) groups excluding carboxylic acids is 2. The minimum absolute atomic E-state index is 0.269. The standard InChI is InChI=1S/C21H17NO3/c23-19(16-10-4-1-5-11-16)20(17-12-6-2-7-13-17)25-21(24)22-18-14-8-3-9-15-18/h1-15,20H,(H,22,24)/t20-/m1/s1. The third kappa shape index (κ3) is 4.32. The van der Waals surface area contributed by atoms with Crippen LogP contribution in [0.15, 0.2) is 91.0 Å². The Balaban J connectivity index is 1.82. The number of rotatable bonds is 5. The van der Waals surface area contributed by atoms with E-state index in [1.54, 1.807) is 72.8 Å². The summed E-state index contributed by atoms with van der Waals surface area (Å²) >= 11 is 0. The van der Waals surface area contributed by atoms with Crippen LogP contribution in [0.1, 0.15) is 22.0 Å². The fraction of sp³-hybridized carbons (Fsp3) is 0.0476. The van der Waals surface area contributed by atoms with Crippen molar-refractivity contribution in [1.82, 2.24) is 0 Å². The van der Waals surface area contributed by atoms with Gasteiger partial charge in [-0.2, -0.15) is 0 Å². The van der Waals surface area contributed by atoms with Crippen molar-refractivity contribution in [2.24, 2.45) is 0 Å². The van der Waals surface area contributed by atoms with Gasteiger partial charge in [0.05, 0.1) is 0 Å². The van der Waals surface area contributed by atoms with Crippen LogP contribution in [0.2, 0.25) is 0 Å². The minimum Gasteiger partial charge on any atom is -0.433 e. The van der Waals surface area contributed by atoms with E-state index in [1.807, 2.05) is 18.2 Å². The Morgan fingerprint density at radius 2 is 1.24 bits per heavy atom. The van der Waals surface area contributed by atoms with Crippen molar-refractivity contribution in [2.75, 3.05) is 5.32 Å². The molecule has 0 radical (unpaired) electrons. The molecule has 0 fully saturated rings. The van der Waals surface area contributed by atoms with E-state index in [-0.39, 0.29) is 5.78 Å². The number of hydrogen-bond acceptors (Lipinski definition) is 3. The Morgan fingerprint density at radius 3 is 1.84 bits per heavy atom. The molecule has 25 heavy (non-hydrogen) atoms. The van der Waals surface area contributed by atoms with Crippen LogP contribution < -0.4 is 5.32 Å². The van der Waals surface area contributed by atoms with E-state index >= 15 is 0 Å². The number of para-hydroxylation sites is 1. The molecule has 1 atom stereocenters. The Hall–Kier alpha value is -3.40. The molecule has 0 aliphatic carbocycles. The highest BCUT2D eigenvalue weighted by molar-refractivity contribution is 6.01. The number of ether oxygens (including phenoxy) is 1. The average molecular weight is 331 g/mol. The molecule has 0 saturated heterocycles. The number of hydrogen-bond donors (Lipinski definition) is 1. The van der Waals surface area contributed by atoms with Crippen molar-refractivity contribution in [1.29, 1.82) is 0 Å². The monoisotopic (exact) mass is 331 g/mol. The average Bonchev–Trinajstić information content (AvgIpc) is 2.68. The Morgan fingerprint density at radius 1 is 0.720 bits per heavy atom. The number of anilines is 1. The Kier molecular flexibility index (Phi) is 5.22. The topological polar surface area (TPSA) is 55.4 Å². The molecule has 0 aliphatic rings. The molecular weight excluding hydrogens is 314 g/mol. The van der Waals surface area contributed by atoms with Gasteiger partial charge in [-0.25, -0.2) is 4.79 Å².